The van der Waals surface area contributed by atoms with E-state index in [-0.39, 0.29) is 12.2 Å². The van der Waals surface area contributed by atoms with Gasteiger partial charge in [-0.25, -0.2) is 4.79 Å². The lowest BCUT2D eigenvalue weighted by Gasteiger charge is -2.11. The van der Waals surface area contributed by atoms with Crippen molar-refractivity contribution in [2.75, 3.05) is 11.9 Å². The van der Waals surface area contributed by atoms with Gasteiger partial charge in [0.1, 0.15) is 0 Å². The summed E-state index contributed by atoms with van der Waals surface area (Å²) in [6, 6.07) is 3.20. The van der Waals surface area contributed by atoms with Crippen LogP contribution in [-0.4, -0.2) is 17.6 Å². The fourth-order valence-electron chi connectivity index (χ4n) is 1.17. The molecule has 0 radical (unpaired) electrons. The predicted molar refractivity (Wildman–Crippen MR) is 64.4 cm³/mol. The van der Waals surface area contributed by atoms with Crippen LogP contribution in [0, 0.1) is 0 Å². The van der Waals surface area contributed by atoms with Gasteiger partial charge in [-0.15, -0.1) is 0 Å². The van der Waals surface area contributed by atoms with E-state index in [1.54, 1.807) is 0 Å². The SMILES string of the molecule is O=C(O)/C=C/CNc1cc(C(F)(F)F)ccc1Br. The van der Waals surface area contributed by atoms with Crippen LogP contribution < -0.4 is 5.32 Å². The molecule has 0 saturated carbocycles. The molecule has 0 fully saturated rings. The summed E-state index contributed by atoms with van der Waals surface area (Å²) in [5, 5.41) is 11.0. The van der Waals surface area contributed by atoms with Gasteiger partial charge in [-0.3, -0.25) is 0 Å². The van der Waals surface area contributed by atoms with Gasteiger partial charge in [0.05, 0.1) is 5.56 Å². The van der Waals surface area contributed by atoms with E-state index in [1.165, 1.54) is 12.1 Å². The Balaban J connectivity index is 2.79. The van der Waals surface area contributed by atoms with Crippen LogP contribution in [-0.2, 0) is 11.0 Å². The van der Waals surface area contributed by atoms with Gasteiger partial charge >= 0.3 is 12.1 Å². The number of alkyl halides is 3. The smallest absolute Gasteiger partial charge is 0.416 e. The third-order valence-electron chi connectivity index (χ3n) is 1.96. The standard InChI is InChI=1S/C11H9BrF3NO2/c12-8-4-3-7(11(13,14)15)6-9(8)16-5-1-2-10(17)18/h1-4,6,16H,5H2,(H,17,18)/b2-1+. The Bertz CT molecular complexity index is 472. The van der Waals surface area contributed by atoms with E-state index < -0.39 is 17.7 Å². The molecule has 0 saturated heterocycles. The molecule has 1 aromatic carbocycles. The van der Waals surface area contributed by atoms with Gasteiger partial charge in [0.2, 0.25) is 0 Å². The molecule has 0 aliphatic rings. The highest BCUT2D eigenvalue weighted by Gasteiger charge is 2.30. The monoisotopic (exact) mass is 323 g/mol. The molecule has 0 spiro atoms. The number of rotatable bonds is 4. The van der Waals surface area contributed by atoms with E-state index >= 15 is 0 Å². The molecule has 3 nitrogen and oxygen atoms in total. The Hall–Kier alpha value is -1.50. The number of carboxylic acid groups (broad SMARTS) is 1. The minimum atomic E-state index is -4.41. The van der Waals surface area contributed by atoms with Gasteiger partial charge in [-0.2, -0.15) is 13.2 Å². The Morgan fingerprint density at radius 1 is 1.44 bits per heavy atom. The highest BCUT2D eigenvalue weighted by atomic mass is 79.9. The molecule has 0 heterocycles. The minimum Gasteiger partial charge on any atom is -0.478 e. The number of carboxylic acids is 1. The van der Waals surface area contributed by atoms with Gasteiger partial charge < -0.3 is 10.4 Å². The Kier molecular flexibility index (Phi) is 4.77. The Morgan fingerprint density at radius 3 is 2.67 bits per heavy atom. The molecule has 0 aromatic heterocycles. The van der Waals surface area contributed by atoms with E-state index in [4.69, 9.17) is 5.11 Å². The van der Waals surface area contributed by atoms with Crippen molar-refractivity contribution in [3.63, 3.8) is 0 Å². The maximum atomic E-state index is 12.5. The molecular weight excluding hydrogens is 315 g/mol. The topological polar surface area (TPSA) is 49.3 Å². The van der Waals surface area contributed by atoms with Crippen LogP contribution in [0.25, 0.3) is 0 Å². The van der Waals surface area contributed by atoms with E-state index in [2.05, 4.69) is 21.2 Å². The number of carbonyl (C=O) groups is 1. The van der Waals surface area contributed by atoms with Crippen LogP contribution in [0.3, 0.4) is 0 Å². The van der Waals surface area contributed by atoms with Crippen LogP contribution in [0.1, 0.15) is 5.56 Å². The molecule has 1 aromatic rings. The van der Waals surface area contributed by atoms with Crippen molar-refractivity contribution in [2.45, 2.75) is 6.18 Å². The highest BCUT2D eigenvalue weighted by Crippen LogP contribution is 2.33. The molecule has 18 heavy (non-hydrogen) atoms. The van der Waals surface area contributed by atoms with Gasteiger partial charge in [-0.1, -0.05) is 6.08 Å². The van der Waals surface area contributed by atoms with E-state index in [0.717, 1.165) is 18.2 Å². The minimum absolute atomic E-state index is 0.117. The Morgan fingerprint density at radius 2 is 2.11 bits per heavy atom. The van der Waals surface area contributed by atoms with Crippen LogP contribution in [0.5, 0.6) is 0 Å². The van der Waals surface area contributed by atoms with Gasteiger partial charge in [-0.05, 0) is 34.1 Å². The molecule has 1 rings (SSSR count). The lowest BCUT2D eigenvalue weighted by Crippen LogP contribution is -2.07. The fourth-order valence-corrected chi connectivity index (χ4v) is 1.55. The first-order valence-electron chi connectivity index (χ1n) is 4.81. The molecule has 0 aliphatic carbocycles. The summed E-state index contributed by atoms with van der Waals surface area (Å²) >= 11 is 3.11. The van der Waals surface area contributed by atoms with Crippen molar-refractivity contribution >= 4 is 27.6 Å². The number of halogens is 4. The number of hydrogen-bond acceptors (Lipinski definition) is 2. The van der Waals surface area contributed by atoms with E-state index in [1.807, 2.05) is 0 Å². The zero-order valence-electron chi connectivity index (χ0n) is 8.96. The highest BCUT2D eigenvalue weighted by molar-refractivity contribution is 9.10. The van der Waals surface area contributed by atoms with Crippen LogP contribution in [0.4, 0.5) is 18.9 Å². The average molecular weight is 324 g/mol. The van der Waals surface area contributed by atoms with Crippen molar-refractivity contribution < 1.29 is 23.1 Å². The average Bonchev–Trinajstić information content (AvgIpc) is 2.24. The molecule has 0 unspecified atom stereocenters. The number of anilines is 1. The number of benzene rings is 1. The summed E-state index contributed by atoms with van der Waals surface area (Å²) in [5.74, 6) is -1.11. The summed E-state index contributed by atoms with van der Waals surface area (Å²) in [6.07, 6.45) is -2.20. The first-order chi connectivity index (χ1) is 8.30. The quantitative estimate of drug-likeness (QED) is 0.833. The molecule has 7 heteroatoms. The first kappa shape index (κ1) is 14.6. The van der Waals surface area contributed by atoms with Gasteiger partial charge in [0.15, 0.2) is 0 Å². The summed E-state index contributed by atoms with van der Waals surface area (Å²) < 4.78 is 37.8. The molecule has 0 amide bonds. The molecular formula is C11H9BrF3NO2. The van der Waals surface area contributed by atoms with E-state index in [9.17, 15) is 18.0 Å². The third kappa shape index (κ3) is 4.40. The van der Waals surface area contributed by atoms with Crippen molar-refractivity contribution in [1.82, 2.24) is 0 Å². The maximum Gasteiger partial charge on any atom is 0.416 e. The van der Waals surface area contributed by atoms with Crippen molar-refractivity contribution in [1.29, 1.82) is 0 Å². The normalized spacial score (nSPS) is 11.8. The first-order valence-corrected chi connectivity index (χ1v) is 5.60. The van der Waals surface area contributed by atoms with Crippen LogP contribution >= 0.6 is 15.9 Å². The zero-order chi connectivity index (χ0) is 13.8. The molecule has 0 bridgehead atoms. The summed E-state index contributed by atoms with van der Waals surface area (Å²) in [4.78, 5) is 10.2. The summed E-state index contributed by atoms with van der Waals surface area (Å²) in [6.45, 7) is 0.117. The third-order valence-corrected chi connectivity index (χ3v) is 2.66. The number of aliphatic carboxylic acids is 1. The van der Waals surface area contributed by atoms with Crippen LogP contribution in [0.2, 0.25) is 0 Å². The maximum absolute atomic E-state index is 12.5. The number of nitrogens with one attached hydrogen (secondary N) is 1. The van der Waals surface area contributed by atoms with Crippen molar-refractivity contribution in [2.24, 2.45) is 0 Å². The van der Waals surface area contributed by atoms with Crippen LogP contribution in [0.15, 0.2) is 34.8 Å². The Labute approximate surface area is 109 Å². The van der Waals surface area contributed by atoms with Crippen molar-refractivity contribution in [3.8, 4) is 0 Å². The second-order valence-corrected chi connectivity index (χ2v) is 4.17. The van der Waals surface area contributed by atoms with Gasteiger partial charge in [0, 0.05) is 22.8 Å². The second-order valence-electron chi connectivity index (χ2n) is 3.31. The lowest BCUT2D eigenvalue weighted by atomic mass is 10.2. The second kappa shape index (κ2) is 5.90. The molecule has 0 atom stereocenters. The van der Waals surface area contributed by atoms with E-state index in [0.29, 0.717) is 4.47 Å². The number of hydrogen-bond donors (Lipinski definition) is 2. The zero-order valence-corrected chi connectivity index (χ0v) is 10.5. The summed E-state index contributed by atoms with van der Waals surface area (Å²) in [5.41, 5.74) is -0.518. The largest absolute Gasteiger partial charge is 0.478 e. The van der Waals surface area contributed by atoms with Crippen molar-refractivity contribution in [3.05, 3.63) is 40.4 Å². The molecule has 98 valence electrons. The molecule has 2 N–H and O–H groups in total. The summed E-state index contributed by atoms with van der Waals surface area (Å²) in [7, 11) is 0. The lowest BCUT2D eigenvalue weighted by molar-refractivity contribution is -0.137. The molecule has 0 aliphatic heterocycles. The fraction of sp³-hybridized carbons (Fsp3) is 0.182. The van der Waals surface area contributed by atoms with Gasteiger partial charge in [0.25, 0.3) is 0 Å². The predicted octanol–water partition coefficient (Wildman–Crippen LogP) is 3.52.